The Bertz CT molecular complexity index is 249. The third-order valence-corrected chi connectivity index (χ3v) is 3.47. The van der Waals surface area contributed by atoms with Gasteiger partial charge in [0.2, 0.25) is 5.91 Å². The molecule has 1 aliphatic rings. The molecule has 0 aromatic rings. The quantitative estimate of drug-likeness (QED) is 0.648. The Morgan fingerprint density at radius 2 is 2.24 bits per heavy atom. The lowest BCUT2D eigenvalue weighted by atomic mass is 10.2. The van der Waals surface area contributed by atoms with Gasteiger partial charge in [0.05, 0.1) is 6.04 Å². The summed E-state index contributed by atoms with van der Waals surface area (Å²) in [5.74, 6) is -0.0790. The van der Waals surface area contributed by atoms with Gasteiger partial charge in [-0.1, -0.05) is 18.9 Å². The van der Waals surface area contributed by atoms with Gasteiger partial charge in [0.15, 0.2) is 0 Å². The minimum absolute atomic E-state index is 0.0790. The smallest absolute Gasteiger partial charge is 0.237 e. The van der Waals surface area contributed by atoms with Gasteiger partial charge in [0.25, 0.3) is 0 Å². The highest BCUT2D eigenvalue weighted by atomic mass is 16.2. The van der Waals surface area contributed by atoms with E-state index < -0.39 is 6.04 Å². The lowest BCUT2D eigenvalue weighted by molar-refractivity contribution is -0.122. The third kappa shape index (κ3) is 4.88. The first kappa shape index (κ1) is 14.2. The van der Waals surface area contributed by atoms with Crippen LogP contribution in [-0.4, -0.2) is 43.0 Å². The number of rotatable bonds is 7. The van der Waals surface area contributed by atoms with E-state index >= 15 is 0 Å². The van der Waals surface area contributed by atoms with E-state index in [0.717, 1.165) is 6.54 Å². The molecule has 4 heteroatoms. The summed E-state index contributed by atoms with van der Waals surface area (Å²) in [4.78, 5) is 13.9. The molecule has 0 aromatic carbocycles. The van der Waals surface area contributed by atoms with E-state index in [-0.39, 0.29) is 5.91 Å². The molecule has 1 amide bonds. The summed E-state index contributed by atoms with van der Waals surface area (Å²) in [5.41, 5.74) is 5.67. The van der Waals surface area contributed by atoms with Gasteiger partial charge in [-0.15, -0.1) is 6.58 Å². The molecule has 17 heavy (non-hydrogen) atoms. The van der Waals surface area contributed by atoms with Crippen LogP contribution >= 0.6 is 0 Å². The molecule has 0 saturated heterocycles. The summed E-state index contributed by atoms with van der Waals surface area (Å²) in [6, 6.07) is 0.248. The average molecular weight is 239 g/mol. The van der Waals surface area contributed by atoms with E-state index in [1.165, 1.54) is 25.7 Å². The number of hydrogen-bond acceptors (Lipinski definition) is 3. The first-order valence-electron chi connectivity index (χ1n) is 6.49. The second-order valence-electron chi connectivity index (χ2n) is 4.84. The van der Waals surface area contributed by atoms with Crippen molar-refractivity contribution < 1.29 is 4.79 Å². The molecule has 1 unspecified atom stereocenters. The molecule has 1 saturated carbocycles. The van der Waals surface area contributed by atoms with Crippen molar-refractivity contribution >= 4 is 5.91 Å². The Labute approximate surface area is 104 Å². The molecule has 0 heterocycles. The van der Waals surface area contributed by atoms with E-state index in [1.807, 2.05) is 0 Å². The Balaban J connectivity index is 2.13. The van der Waals surface area contributed by atoms with Crippen LogP contribution in [0.4, 0.5) is 0 Å². The summed E-state index contributed by atoms with van der Waals surface area (Å²) in [5, 5.41) is 2.87. The predicted molar refractivity (Wildman–Crippen MR) is 70.7 cm³/mol. The zero-order chi connectivity index (χ0) is 12.7. The maximum atomic E-state index is 11.5. The SMILES string of the molecule is C=CCC(N)C(=O)NCCN(C)C1CCCC1. The van der Waals surface area contributed by atoms with Gasteiger partial charge >= 0.3 is 0 Å². The van der Waals surface area contributed by atoms with Crippen molar-refractivity contribution in [2.24, 2.45) is 5.73 Å². The van der Waals surface area contributed by atoms with Gasteiger partial charge in [-0.3, -0.25) is 4.79 Å². The normalized spacial score (nSPS) is 18.3. The highest BCUT2D eigenvalue weighted by Gasteiger charge is 2.19. The van der Waals surface area contributed by atoms with Crippen molar-refractivity contribution in [1.29, 1.82) is 0 Å². The fraction of sp³-hybridized carbons (Fsp3) is 0.769. The maximum Gasteiger partial charge on any atom is 0.237 e. The Hall–Kier alpha value is -0.870. The van der Waals surface area contributed by atoms with Crippen LogP contribution in [-0.2, 0) is 4.79 Å². The Morgan fingerprint density at radius 3 is 2.82 bits per heavy atom. The van der Waals surface area contributed by atoms with Crippen LogP contribution in [0.5, 0.6) is 0 Å². The van der Waals surface area contributed by atoms with Crippen LogP contribution in [0, 0.1) is 0 Å². The van der Waals surface area contributed by atoms with Crippen molar-refractivity contribution in [3.05, 3.63) is 12.7 Å². The first-order valence-corrected chi connectivity index (χ1v) is 6.49. The fourth-order valence-corrected chi connectivity index (χ4v) is 2.30. The van der Waals surface area contributed by atoms with Crippen molar-refractivity contribution in [3.63, 3.8) is 0 Å². The van der Waals surface area contributed by atoms with Gasteiger partial charge in [-0.05, 0) is 26.3 Å². The Morgan fingerprint density at radius 1 is 1.59 bits per heavy atom. The monoisotopic (exact) mass is 239 g/mol. The summed E-state index contributed by atoms with van der Waals surface area (Å²) in [7, 11) is 2.13. The average Bonchev–Trinajstić information content (AvgIpc) is 2.82. The van der Waals surface area contributed by atoms with Crippen LogP contribution in [0.15, 0.2) is 12.7 Å². The molecular formula is C13H25N3O. The lowest BCUT2D eigenvalue weighted by Gasteiger charge is -2.24. The van der Waals surface area contributed by atoms with Crippen LogP contribution in [0.1, 0.15) is 32.1 Å². The molecule has 0 aromatic heterocycles. The topological polar surface area (TPSA) is 58.4 Å². The number of carbonyl (C=O) groups excluding carboxylic acids is 1. The van der Waals surface area contributed by atoms with Crippen molar-refractivity contribution in [2.75, 3.05) is 20.1 Å². The minimum atomic E-state index is -0.454. The van der Waals surface area contributed by atoms with Gasteiger partial charge in [0, 0.05) is 19.1 Å². The molecule has 0 bridgehead atoms. The first-order chi connectivity index (χ1) is 8.15. The van der Waals surface area contributed by atoms with Crippen LogP contribution in [0.2, 0.25) is 0 Å². The second-order valence-corrected chi connectivity index (χ2v) is 4.84. The van der Waals surface area contributed by atoms with Gasteiger partial charge in [-0.2, -0.15) is 0 Å². The molecule has 0 radical (unpaired) electrons. The van der Waals surface area contributed by atoms with Crippen LogP contribution < -0.4 is 11.1 Å². The Kier molecular flexibility index (Phi) is 6.22. The number of likely N-dealkylation sites (N-methyl/N-ethyl adjacent to an activating group) is 1. The van der Waals surface area contributed by atoms with Crippen molar-refractivity contribution in [3.8, 4) is 0 Å². The van der Waals surface area contributed by atoms with Gasteiger partial charge in [-0.25, -0.2) is 0 Å². The number of carbonyl (C=O) groups is 1. The van der Waals surface area contributed by atoms with E-state index in [4.69, 9.17) is 5.73 Å². The van der Waals surface area contributed by atoms with Crippen LogP contribution in [0.25, 0.3) is 0 Å². The number of hydrogen-bond donors (Lipinski definition) is 2. The molecule has 1 aliphatic carbocycles. The number of nitrogens with zero attached hydrogens (tertiary/aromatic N) is 1. The summed E-state index contributed by atoms with van der Waals surface area (Å²) < 4.78 is 0. The highest BCUT2D eigenvalue weighted by molar-refractivity contribution is 5.81. The molecule has 4 nitrogen and oxygen atoms in total. The van der Waals surface area contributed by atoms with Gasteiger partial charge in [0.1, 0.15) is 0 Å². The highest BCUT2D eigenvalue weighted by Crippen LogP contribution is 2.21. The molecule has 3 N–H and O–H groups in total. The lowest BCUT2D eigenvalue weighted by Crippen LogP contribution is -2.44. The summed E-state index contributed by atoms with van der Waals surface area (Å²) in [6.07, 6.45) is 7.47. The number of nitrogens with two attached hydrogens (primary N) is 1. The van der Waals surface area contributed by atoms with E-state index in [1.54, 1.807) is 6.08 Å². The zero-order valence-electron chi connectivity index (χ0n) is 10.8. The minimum Gasteiger partial charge on any atom is -0.353 e. The molecule has 0 aliphatic heterocycles. The largest absolute Gasteiger partial charge is 0.353 e. The number of nitrogens with one attached hydrogen (secondary N) is 1. The summed E-state index contributed by atoms with van der Waals surface area (Å²) in [6.45, 7) is 5.15. The molecule has 1 atom stereocenters. The third-order valence-electron chi connectivity index (χ3n) is 3.47. The number of amides is 1. The summed E-state index contributed by atoms with van der Waals surface area (Å²) >= 11 is 0. The molecule has 1 rings (SSSR count). The molecule has 98 valence electrons. The van der Waals surface area contributed by atoms with Gasteiger partial charge < -0.3 is 16.0 Å². The van der Waals surface area contributed by atoms with Crippen LogP contribution in [0.3, 0.4) is 0 Å². The zero-order valence-corrected chi connectivity index (χ0v) is 10.8. The fourth-order valence-electron chi connectivity index (χ4n) is 2.30. The second kappa shape index (κ2) is 7.45. The van der Waals surface area contributed by atoms with Crippen molar-refractivity contribution in [2.45, 2.75) is 44.2 Å². The van der Waals surface area contributed by atoms with E-state index in [2.05, 4.69) is 23.8 Å². The van der Waals surface area contributed by atoms with E-state index in [9.17, 15) is 4.79 Å². The standard InChI is InChI=1S/C13H25N3O/c1-3-6-12(14)13(17)15-9-10-16(2)11-7-4-5-8-11/h3,11-12H,1,4-10,14H2,2H3,(H,15,17). The predicted octanol–water partition coefficient (Wildman–Crippen LogP) is 0.880. The molecule has 1 fully saturated rings. The van der Waals surface area contributed by atoms with Crippen molar-refractivity contribution in [1.82, 2.24) is 10.2 Å². The molecular weight excluding hydrogens is 214 g/mol. The maximum absolute atomic E-state index is 11.5. The van der Waals surface area contributed by atoms with E-state index in [0.29, 0.717) is 19.0 Å². The molecule has 0 spiro atoms.